The first-order chi connectivity index (χ1) is 13.0. The topological polar surface area (TPSA) is 103 Å². The van der Waals surface area contributed by atoms with Crippen molar-refractivity contribution < 1.29 is 14.6 Å². The van der Waals surface area contributed by atoms with E-state index in [1.165, 1.54) is 0 Å². The van der Waals surface area contributed by atoms with Crippen LogP contribution >= 0.6 is 0 Å². The predicted molar refractivity (Wildman–Crippen MR) is 106 cm³/mol. The average Bonchev–Trinajstić information content (AvgIpc) is 2.63. The van der Waals surface area contributed by atoms with Gasteiger partial charge in [-0.2, -0.15) is 0 Å². The van der Waals surface area contributed by atoms with Crippen molar-refractivity contribution in [1.29, 1.82) is 0 Å². The molecule has 0 heterocycles. The number of nitro groups is 2. The lowest BCUT2D eigenvalue weighted by atomic mass is 10.1. The molecule has 7 nitrogen and oxygen atoms in total. The SMILES string of the molecule is CC/C(=C/C/C=C/C/C=C/C/C=C(/CCCCCC[C]=O)[N+](=O)[O-])[N+](=O)[O-]. The highest BCUT2D eigenvalue weighted by atomic mass is 16.6. The van der Waals surface area contributed by atoms with E-state index in [0.717, 1.165) is 25.7 Å². The summed E-state index contributed by atoms with van der Waals surface area (Å²) in [6.07, 6.45) is 18.9. The summed E-state index contributed by atoms with van der Waals surface area (Å²) in [4.78, 5) is 31.0. The third-order valence-electron chi connectivity index (χ3n) is 3.88. The highest BCUT2D eigenvalue weighted by Crippen LogP contribution is 2.12. The van der Waals surface area contributed by atoms with Gasteiger partial charge in [0.1, 0.15) is 0 Å². The zero-order chi connectivity index (χ0) is 20.3. The second-order valence-corrected chi connectivity index (χ2v) is 5.97. The first-order valence-electron chi connectivity index (χ1n) is 9.34. The van der Waals surface area contributed by atoms with Crippen LogP contribution in [0.25, 0.3) is 0 Å². The van der Waals surface area contributed by atoms with E-state index in [4.69, 9.17) is 0 Å². The smallest absolute Gasteiger partial charge is 0.242 e. The predicted octanol–water partition coefficient (Wildman–Crippen LogP) is 5.45. The molecule has 0 aliphatic heterocycles. The molecule has 0 saturated carbocycles. The highest BCUT2D eigenvalue weighted by Gasteiger charge is 2.08. The Kier molecular flexibility index (Phi) is 15.3. The highest BCUT2D eigenvalue weighted by molar-refractivity contribution is 5.50. The number of rotatable bonds is 16. The van der Waals surface area contributed by atoms with Gasteiger partial charge in [-0.15, -0.1) is 0 Å². The van der Waals surface area contributed by atoms with Gasteiger partial charge in [-0.1, -0.05) is 44.1 Å². The summed E-state index contributed by atoms with van der Waals surface area (Å²) in [5, 5.41) is 21.7. The molecule has 0 aromatic carbocycles. The lowest BCUT2D eigenvalue weighted by Crippen LogP contribution is -1.98. The number of hydrogen-bond acceptors (Lipinski definition) is 5. The fourth-order valence-electron chi connectivity index (χ4n) is 2.34. The summed E-state index contributed by atoms with van der Waals surface area (Å²) in [5.74, 6) is 0. The minimum absolute atomic E-state index is 0.217. The quantitative estimate of drug-likeness (QED) is 0.154. The van der Waals surface area contributed by atoms with Crippen molar-refractivity contribution in [3.05, 3.63) is 68.1 Å². The number of allylic oxidation sites excluding steroid dienone is 8. The van der Waals surface area contributed by atoms with E-state index >= 15 is 0 Å². The normalized spacial score (nSPS) is 12.8. The Hall–Kier alpha value is -2.57. The Balaban J connectivity index is 4.11. The summed E-state index contributed by atoms with van der Waals surface area (Å²) < 4.78 is 0. The van der Waals surface area contributed by atoms with Crippen LogP contribution in [0.1, 0.15) is 71.1 Å². The van der Waals surface area contributed by atoms with Gasteiger partial charge >= 0.3 is 0 Å². The van der Waals surface area contributed by atoms with Crippen LogP contribution in [0.5, 0.6) is 0 Å². The van der Waals surface area contributed by atoms with Gasteiger partial charge in [-0.3, -0.25) is 25.0 Å². The molecule has 0 amide bonds. The van der Waals surface area contributed by atoms with E-state index in [0.29, 0.717) is 38.5 Å². The van der Waals surface area contributed by atoms with Gasteiger partial charge in [-0.05, 0) is 44.3 Å². The maximum atomic E-state index is 11.0. The molecule has 0 N–H and O–H groups in total. The third-order valence-corrected chi connectivity index (χ3v) is 3.88. The van der Waals surface area contributed by atoms with Crippen LogP contribution in [-0.4, -0.2) is 16.1 Å². The summed E-state index contributed by atoms with van der Waals surface area (Å²) in [6, 6.07) is 0. The zero-order valence-corrected chi connectivity index (χ0v) is 16.0. The van der Waals surface area contributed by atoms with E-state index in [1.54, 1.807) is 19.1 Å². The lowest BCUT2D eigenvalue weighted by Gasteiger charge is -1.99. The number of hydrogen-bond donors (Lipinski definition) is 0. The van der Waals surface area contributed by atoms with E-state index in [2.05, 4.69) is 0 Å². The van der Waals surface area contributed by atoms with Gasteiger partial charge < -0.3 is 0 Å². The summed E-state index contributed by atoms with van der Waals surface area (Å²) in [6.45, 7) is 1.75. The van der Waals surface area contributed by atoms with Gasteiger partial charge in [0.25, 0.3) is 0 Å². The second kappa shape index (κ2) is 16.9. The number of unbranched alkanes of at least 4 members (excludes halogenated alkanes) is 4. The van der Waals surface area contributed by atoms with E-state index in [9.17, 15) is 25.0 Å². The molecule has 149 valence electrons. The Morgan fingerprint density at radius 2 is 1.33 bits per heavy atom. The van der Waals surface area contributed by atoms with Gasteiger partial charge in [0.2, 0.25) is 11.4 Å². The van der Waals surface area contributed by atoms with E-state index in [-0.39, 0.29) is 21.2 Å². The first-order valence-corrected chi connectivity index (χ1v) is 9.34. The average molecular weight is 377 g/mol. The van der Waals surface area contributed by atoms with Crippen molar-refractivity contribution in [2.45, 2.75) is 71.1 Å². The Bertz CT molecular complexity index is 577. The van der Waals surface area contributed by atoms with Crippen LogP contribution in [0.2, 0.25) is 0 Å². The van der Waals surface area contributed by atoms with Crippen LogP contribution in [0.3, 0.4) is 0 Å². The molecule has 1 radical (unpaired) electrons. The molecule has 0 rings (SSSR count). The molecule has 0 bridgehead atoms. The number of carbonyl (C=O) groups excluding carboxylic acids is 1. The van der Waals surface area contributed by atoms with Crippen LogP contribution in [0.15, 0.2) is 47.9 Å². The molecule has 0 aromatic rings. The molecule has 0 aliphatic carbocycles. The van der Waals surface area contributed by atoms with Gasteiger partial charge in [0, 0.05) is 19.3 Å². The standard InChI is InChI=1S/C20H29N2O5/c1-2-19(21(24)25)15-11-7-4-3-5-8-12-16-20(22(26)27)17-13-9-6-10-14-18-23/h4-5,7-8,15-16H,2-3,6,9-14,17H2,1H3/b7-4+,8-5+,19-15-,20-16-. The maximum Gasteiger partial charge on any atom is 0.242 e. The van der Waals surface area contributed by atoms with Crippen LogP contribution < -0.4 is 0 Å². The van der Waals surface area contributed by atoms with Crippen molar-refractivity contribution >= 4 is 6.29 Å². The van der Waals surface area contributed by atoms with Crippen LogP contribution in [0.4, 0.5) is 0 Å². The lowest BCUT2D eigenvalue weighted by molar-refractivity contribution is -0.428. The molecule has 0 aliphatic rings. The summed E-state index contributed by atoms with van der Waals surface area (Å²) >= 11 is 0. The Morgan fingerprint density at radius 1 is 0.815 bits per heavy atom. The maximum absolute atomic E-state index is 11.0. The third kappa shape index (κ3) is 14.3. The largest absolute Gasteiger partial charge is 0.291 e. The molecular weight excluding hydrogens is 348 g/mol. The molecule has 0 aromatic heterocycles. The van der Waals surface area contributed by atoms with Gasteiger partial charge in [-0.25, -0.2) is 0 Å². The molecular formula is C20H29N2O5. The number of nitrogens with zero attached hydrogens (tertiary/aromatic N) is 2. The molecule has 0 atom stereocenters. The molecule has 7 heteroatoms. The molecule has 0 spiro atoms. The fraction of sp³-hybridized carbons (Fsp3) is 0.550. The molecule has 0 unspecified atom stereocenters. The Morgan fingerprint density at radius 3 is 1.85 bits per heavy atom. The monoisotopic (exact) mass is 377 g/mol. The second-order valence-electron chi connectivity index (χ2n) is 5.97. The zero-order valence-electron chi connectivity index (χ0n) is 16.0. The fourth-order valence-corrected chi connectivity index (χ4v) is 2.34. The Labute approximate surface area is 160 Å². The van der Waals surface area contributed by atoms with Gasteiger partial charge in [0.05, 0.1) is 9.85 Å². The summed E-state index contributed by atoms with van der Waals surface area (Å²) in [5.41, 5.74) is 0.448. The van der Waals surface area contributed by atoms with Crippen molar-refractivity contribution in [2.24, 2.45) is 0 Å². The molecule has 0 saturated heterocycles. The minimum Gasteiger partial charge on any atom is -0.291 e. The first kappa shape index (κ1) is 24.4. The van der Waals surface area contributed by atoms with E-state index < -0.39 is 0 Å². The van der Waals surface area contributed by atoms with Crippen molar-refractivity contribution in [1.82, 2.24) is 0 Å². The van der Waals surface area contributed by atoms with Gasteiger partial charge in [0.15, 0.2) is 6.29 Å². The van der Waals surface area contributed by atoms with Crippen LogP contribution in [0, 0.1) is 20.2 Å². The minimum atomic E-state index is -0.364. The van der Waals surface area contributed by atoms with E-state index in [1.807, 2.05) is 30.6 Å². The van der Waals surface area contributed by atoms with Crippen LogP contribution in [-0.2, 0) is 4.79 Å². The molecule has 0 fully saturated rings. The van der Waals surface area contributed by atoms with Crippen molar-refractivity contribution in [2.75, 3.05) is 0 Å². The van der Waals surface area contributed by atoms with Crippen molar-refractivity contribution in [3.63, 3.8) is 0 Å². The molecule has 27 heavy (non-hydrogen) atoms. The summed E-state index contributed by atoms with van der Waals surface area (Å²) in [7, 11) is 0. The van der Waals surface area contributed by atoms with Crippen molar-refractivity contribution in [3.8, 4) is 0 Å².